The van der Waals surface area contributed by atoms with Crippen molar-refractivity contribution < 1.29 is 9.53 Å². The summed E-state index contributed by atoms with van der Waals surface area (Å²) in [4.78, 5) is 20.5. The number of guanidine groups is 1. The van der Waals surface area contributed by atoms with E-state index in [0.29, 0.717) is 0 Å². The van der Waals surface area contributed by atoms with Gasteiger partial charge in [0.25, 0.3) is 0 Å². The topological polar surface area (TPSA) is 69.2 Å². The molecule has 0 bridgehead atoms. The maximum Gasteiger partial charge on any atom is 0.407 e. The van der Waals surface area contributed by atoms with Crippen LogP contribution < -0.4 is 10.6 Å². The van der Waals surface area contributed by atoms with Crippen LogP contribution in [0.3, 0.4) is 0 Å². The molecule has 0 aromatic heterocycles. The molecule has 1 rings (SSSR count). The summed E-state index contributed by atoms with van der Waals surface area (Å²) < 4.78 is 5.30. The number of nitrogens with one attached hydrogen (secondary N) is 2. The molecule has 7 heteroatoms. The van der Waals surface area contributed by atoms with E-state index >= 15 is 0 Å². The minimum Gasteiger partial charge on any atom is -0.444 e. The number of ether oxygens (including phenoxy) is 1. The smallest absolute Gasteiger partial charge is 0.407 e. The molecule has 1 unspecified atom stereocenters. The number of hydrogen-bond acceptors (Lipinski definition) is 4. The highest BCUT2D eigenvalue weighted by Gasteiger charge is 2.27. The van der Waals surface area contributed by atoms with Gasteiger partial charge in [0.1, 0.15) is 5.60 Å². The number of likely N-dealkylation sites (tertiary alicyclic amines) is 1. The Morgan fingerprint density at radius 2 is 2.09 bits per heavy atom. The van der Waals surface area contributed by atoms with E-state index in [1.165, 1.54) is 0 Å². The SMILES string of the molecule is CN=C(NCCCN(C)C)N1CCC(NC(=O)OC(C)(C)C)C1. The highest BCUT2D eigenvalue weighted by atomic mass is 16.6. The van der Waals surface area contributed by atoms with Crippen LogP contribution in [0, 0.1) is 0 Å². The lowest BCUT2D eigenvalue weighted by Gasteiger charge is -2.23. The van der Waals surface area contributed by atoms with Crippen molar-refractivity contribution in [3.05, 3.63) is 0 Å². The highest BCUT2D eigenvalue weighted by molar-refractivity contribution is 5.80. The zero-order valence-corrected chi connectivity index (χ0v) is 15.5. The lowest BCUT2D eigenvalue weighted by molar-refractivity contribution is 0.0507. The summed E-state index contributed by atoms with van der Waals surface area (Å²) in [5.74, 6) is 0.900. The van der Waals surface area contributed by atoms with E-state index < -0.39 is 5.60 Å². The zero-order valence-electron chi connectivity index (χ0n) is 15.5. The van der Waals surface area contributed by atoms with Crippen molar-refractivity contribution in [3.8, 4) is 0 Å². The maximum absolute atomic E-state index is 11.8. The number of amides is 1. The Morgan fingerprint density at radius 3 is 2.65 bits per heavy atom. The van der Waals surface area contributed by atoms with Gasteiger partial charge in [0.2, 0.25) is 0 Å². The number of alkyl carbamates (subject to hydrolysis) is 1. The second-order valence-electron chi connectivity index (χ2n) is 7.21. The van der Waals surface area contributed by atoms with Crippen molar-refractivity contribution in [2.24, 2.45) is 4.99 Å². The lowest BCUT2D eigenvalue weighted by atomic mass is 10.2. The van der Waals surface area contributed by atoms with Gasteiger partial charge in [-0.3, -0.25) is 4.99 Å². The van der Waals surface area contributed by atoms with Crippen LogP contribution in [0.1, 0.15) is 33.6 Å². The number of nitrogens with zero attached hydrogens (tertiary/aromatic N) is 3. The van der Waals surface area contributed by atoms with Crippen LogP contribution in [0.15, 0.2) is 4.99 Å². The quantitative estimate of drug-likeness (QED) is 0.450. The first kappa shape index (κ1) is 19.5. The fourth-order valence-electron chi connectivity index (χ4n) is 2.47. The Balaban J connectivity index is 2.35. The van der Waals surface area contributed by atoms with Crippen molar-refractivity contribution >= 4 is 12.1 Å². The van der Waals surface area contributed by atoms with Gasteiger partial charge in [0.15, 0.2) is 5.96 Å². The summed E-state index contributed by atoms with van der Waals surface area (Å²) in [6.45, 7) is 9.19. The van der Waals surface area contributed by atoms with Crippen molar-refractivity contribution in [2.45, 2.75) is 45.3 Å². The van der Waals surface area contributed by atoms with Crippen molar-refractivity contribution in [1.29, 1.82) is 0 Å². The molecule has 0 spiro atoms. The van der Waals surface area contributed by atoms with E-state index in [4.69, 9.17) is 4.74 Å². The van der Waals surface area contributed by atoms with Gasteiger partial charge in [-0.25, -0.2) is 4.79 Å². The van der Waals surface area contributed by atoms with Gasteiger partial charge >= 0.3 is 6.09 Å². The Hall–Kier alpha value is -1.50. The third-order valence-electron chi connectivity index (χ3n) is 3.49. The third-order valence-corrected chi connectivity index (χ3v) is 3.49. The molecular weight excluding hydrogens is 294 g/mol. The fourth-order valence-corrected chi connectivity index (χ4v) is 2.47. The molecule has 2 N–H and O–H groups in total. The summed E-state index contributed by atoms with van der Waals surface area (Å²) in [6, 6.07) is 0.102. The average molecular weight is 327 g/mol. The van der Waals surface area contributed by atoms with Crippen LogP contribution in [-0.2, 0) is 4.74 Å². The standard InChI is InChI=1S/C16H33N5O2/c1-16(2,3)23-15(22)19-13-8-11-21(12-13)14(17-4)18-9-7-10-20(5)6/h13H,7-12H2,1-6H3,(H,17,18)(H,19,22). The second kappa shape index (κ2) is 8.96. The first-order valence-corrected chi connectivity index (χ1v) is 8.31. The molecule has 1 saturated heterocycles. The van der Waals surface area contributed by atoms with Crippen molar-refractivity contribution in [1.82, 2.24) is 20.4 Å². The molecule has 0 saturated carbocycles. The monoisotopic (exact) mass is 327 g/mol. The van der Waals surface area contributed by atoms with E-state index in [-0.39, 0.29) is 12.1 Å². The summed E-state index contributed by atoms with van der Waals surface area (Å²) in [5, 5.41) is 6.32. The van der Waals surface area contributed by atoms with Crippen LogP contribution in [0.2, 0.25) is 0 Å². The van der Waals surface area contributed by atoms with Gasteiger partial charge in [-0.1, -0.05) is 0 Å². The number of aliphatic imine (C=N–C) groups is 1. The van der Waals surface area contributed by atoms with Crippen molar-refractivity contribution in [2.75, 3.05) is 47.3 Å². The Kier molecular flexibility index (Phi) is 7.61. The molecule has 0 radical (unpaired) electrons. The summed E-state index contributed by atoms with van der Waals surface area (Å²) in [7, 11) is 5.94. The predicted octanol–water partition coefficient (Wildman–Crippen LogP) is 1.11. The minimum atomic E-state index is -0.466. The summed E-state index contributed by atoms with van der Waals surface area (Å²) >= 11 is 0. The van der Waals surface area contributed by atoms with Gasteiger partial charge < -0.3 is 25.2 Å². The second-order valence-corrected chi connectivity index (χ2v) is 7.21. The third kappa shape index (κ3) is 8.06. The molecule has 23 heavy (non-hydrogen) atoms. The summed E-state index contributed by atoms with van der Waals surface area (Å²) in [6.07, 6.45) is 1.62. The first-order chi connectivity index (χ1) is 10.7. The van der Waals surface area contributed by atoms with Gasteiger partial charge in [-0.05, 0) is 54.3 Å². The molecule has 1 fully saturated rings. The number of rotatable bonds is 5. The molecule has 1 atom stereocenters. The molecular formula is C16H33N5O2. The van der Waals surface area contributed by atoms with Gasteiger partial charge in [-0.2, -0.15) is 0 Å². The molecule has 134 valence electrons. The average Bonchev–Trinajstić information content (AvgIpc) is 2.84. The van der Waals surface area contributed by atoms with E-state index in [1.54, 1.807) is 7.05 Å². The van der Waals surface area contributed by atoms with E-state index in [2.05, 4.69) is 39.5 Å². The molecule has 1 aliphatic heterocycles. The molecule has 1 aliphatic rings. The number of carbonyl (C=O) groups excluding carboxylic acids is 1. The Bertz CT molecular complexity index is 404. The van der Waals surface area contributed by atoms with Crippen LogP contribution in [0.4, 0.5) is 4.79 Å². The van der Waals surface area contributed by atoms with Crippen LogP contribution in [0.25, 0.3) is 0 Å². The van der Waals surface area contributed by atoms with Gasteiger partial charge in [0, 0.05) is 26.7 Å². The fraction of sp³-hybridized carbons (Fsp3) is 0.875. The van der Waals surface area contributed by atoms with E-state index in [0.717, 1.165) is 45.0 Å². The molecule has 1 amide bonds. The predicted molar refractivity (Wildman–Crippen MR) is 93.9 cm³/mol. The Morgan fingerprint density at radius 1 is 1.39 bits per heavy atom. The van der Waals surface area contributed by atoms with Gasteiger partial charge in [0.05, 0.1) is 6.04 Å². The lowest BCUT2D eigenvalue weighted by Crippen LogP contribution is -2.44. The van der Waals surface area contributed by atoms with E-state index in [1.807, 2.05) is 20.8 Å². The number of hydrogen-bond donors (Lipinski definition) is 2. The molecule has 1 heterocycles. The summed E-state index contributed by atoms with van der Waals surface area (Å²) in [5.41, 5.74) is -0.466. The normalized spacial score (nSPS) is 19.2. The molecule has 0 aromatic rings. The Labute approximate surface area is 140 Å². The molecule has 0 aromatic carbocycles. The first-order valence-electron chi connectivity index (χ1n) is 8.31. The van der Waals surface area contributed by atoms with Crippen LogP contribution in [0.5, 0.6) is 0 Å². The highest BCUT2D eigenvalue weighted by Crippen LogP contribution is 2.11. The largest absolute Gasteiger partial charge is 0.444 e. The van der Waals surface area contributed by atoms with Crippen molar-refractivity contribution in [3.63, 3.8) is 0 Å². The van der Waals surface area contributed by atoms with Crippen LogP contribution >= 0.6 is 0 Å². The van der Waals surface area contributed by atoms with E-state index in [9.17, 15) is 4.79 Å². The minimum absolute atomic E-state index is 0.102. The zero-order chi connectivity index (χ0) is 17.5. The molecule has 0 aliphatic carbocycles. The number of carbonyl (C=O) groups is 1. The van der Waals surface area contributed by atoms with Crippen LogP contribution in [-0.4, -0.2) is 80.8 Å². The maximum atomic E-state index is 11.8. The molecule has 7 nitrogen and oxygen atoms in total. The van der Waals surface area contributed by atoms with Gasteiger partial charge in [-0.15, -0.1) is 0 Å².